The number of Topliss-reactive ketones (excluding diaryl/α,β-unsaturated/α-hetero) is 1. The van der Waals surface area contributed by atoms with Gasteiger partial charge in [-0.05, 0) is 44.9 Å². The van der Waals surface area contributed by atoms with Crippen LogP contribution in [-0.4, -0.2) is 11.7 Å². The molecule has 2 aliphatic rings. The minimum absolute atomic E-state index is 0.393. The van der Waals surface area contributed by atoms with Crippen LogP contribution < -0.4 is 4.90 Å². The molecule has 112 valence electrons. The molecule has 4 rings (SSSR count). The van der Waals surface area contributed by atoms with Gasteiger partial charge in [-0.15, -0.1) is 0 Å². The van der Waals surface area contributed by atoms with Gasteiger partial charge in [0.1, 0.15) is 3.82 Å². The summed E-state index contributed by atoms with van der Waals surface area (Å²) in [5.74, 6) is -0.819. The second-order valence-electron chi connectivity index (χ2n) is 6.28. The van der Waals surface area contributed by atoms with Crippen LogP contribution in [0.5, 0.6) is 0 Å². The molecule has 3 heterocycles. The van der Waals surface area contributed by atoms with Gasteiger partial charge in [0.05, 0.1) is 21.7 Å². The molecule has 0 saturated carbocycles. The van der Waals surface area contributed by atoms with Crippen LogP contribution in [0.1, 0.15) is 40.2 Å². The Hall–Kier alpha value is -1.37. The SMILES string of the molecule is Cc1cc2c3c(c1C)C(=O)C(=O)N3C(C)(C)c1ssc(=S)c1-2. The van der Waals surface area contributed by atoms with Gasteiger partial charge in [0, 0.05) is 11.1 Å². The number of hydrogen-bond acceptors (Lipinski definition) is 5. The average molecular weight is 347 g/mol. The standard InChI is InChI=1S/C16H13NO2S3/c1-6-5-8-10-13(21-22-15(10)20)16(3,4)17-11(8)9(7(6)2)12(18)14(17)19/h5H,1-4H3. The van der Waals surface area contributed by atoms with E-state index in [0.29, 0.717) is 5.56 Å². The summed E-state index contributed by atoms with van der Waals surface area (Å²) in [7, 11) is 3.17. The van der Waals surface area contributed by atoms with Gasteiger partial charge < -0.3 is 0 Å². The number of nitrogens with zero attached hydrogens (tertiary/aromatic N) is 1. The first-order valence-corrected chi connectivity index (χ1v) is 9.49. The third-order valence-corrected chi connectivity index (χ3v) is 8.01. The summed E-state index contributed by atoms with van der Waals surface area (Å²) in [5, 5.41) is 0. The number of carbonyl (C=O) groups excluding carboxylic acids is 2. The van der Waals surface area contributed by atoms with Crippen LogP contribution in [-0.2, 0) is 10.3 Å². The minimum Gasteiger partial charge on any atom is -0.294 e. The maximum atomic E-state index is 12.6. The highest BCUT2D eigenvalue weighted by Crippen LogP contribution is 2.56. The van der Waals surface area contributed by atoms with Crippen molar-refractivity contribution in [3.63, 3.8) is 0 Å². The Morgan fingerprint density at radius 2 is 1.82 bits per heavy atom. The van der Waals surface area contributed by atoms with E-state index < -0.39 is 17.2 Å². The molecule has 0 fully saturated rings. The van der Waals surface area contributed by atoms with Gasteiger partial charge in [-0.1, -0.05) is 32.9 Å². The van der Waals surface area contributed by atoms with Crippen LogP contribution in [0.15, 0.2) is 6.07 Å². The van der Waals surface area contributed by atoms with E-state index in [1.165, 1.54) is 0 Å². The molecule has 0 atom stereocenters. The highest BCUT2D eigenvalue weighted by atomic mass is 32.9. The van der Waals surface area contributed by atoms with E-state index in [1.807, 2.05) is 27.7 Å². The molecule has 0 aliphatic carbocycles. The first-order valence-electron chi connectivity index (χ1n) is 6.94. The Balaban J connectivity index is 2.26. The van der Waals surface area contributed by atoms with Gasteiger partial charge in [0.15, 0.2) is 0 Å². The zero-order valence-electron chi connectivity index (χ0n) is 12.6. The third-order valence-electron chi connectivity index (χ3n) is 4.68. The van der Waals surface area contributed by atoms with Crippen molar-refractivity contribution in [3.8, 4) is 11.1 Å². The van der Waals surface area contributed by atoms with E-state index in [0.717, 1.165) is 36.6 Å². The second-order valence-corrected chi connectivity index (χ2v) is 9.09. The highest BCUT2D eigenvalue weighted by molar-refractivity contribution is 7.80. The molecule has 0 radical (unpaired) electrons. The monoisotopic (exact) mass is 347 g/mol. The fourth-order valence-electron chi connectivity index (χ4n) is 3.44. The molecule has 0 spiro atoms. The number of carbonyl (C=O) groups is 2. The Morgan fingerprint density at radius 3 is 2.50 bits per heavy atom. The lowest BCUT2D eigenvalue weighted by Crippen LogP contribution is -2.46. The van der Waals surface area contributed by atoms with E-state index >= 15 is 0 Å². The summed E-state index contributed by atoms with van der Waals surface area (Å²) in [6, 6.07) is 2.07. The van der Waals surface area contributed by atoms with Gasteiger partial charge in [-0.3, -0.25) is 14.5 Å². The van der Waals surface area contributed by atoms with Gasteiger partial charge >= 0.3 is 0 Å². The summed E-state index contributed by atoms with van der Waals surface area (Å²) < 4.78 is 0.838. The Kier molecular flexibility index (Phi) is 2.67. The van der Waals surface area contributed by atoms with E-state index in [1.54, 1.807) is 25.6 Å². The van der Waals surface area contributed by atoms with Gasteiger partial charge in [-0.2, -0.15) is 0 Å². The van der Waals surface area contributed by atoms with Crippen molar-refractivity contribution in [2.75, 3.05) is 4.90 Å². The van der Waals surface area contributed by atoms with E-state index in [-0.39, 0.29) is 0 Å². The Morgan fingerprint density at radius 1 is 1.14 bits per heavy atom. The summed E-state index contributed by atoms with van der Waals surface area (Å²) in [6.45, 7) is 7.86. The second kappa shape index (κ2) is 4.13. The molecule has 22 heavy (non-hydrogen) atoms. The van der Waals surface area contributed by atoms with E-state index in [2.05, 4.69) is 6.07 Å². The number of anilines is 1. The van der Waals surface area contributed by atoms with Crippen molar-refractivity contribution in [2.24, 2.45) is 0 Å². The lowest BCUT2D eigenvalue weighted by molar-refractivity contribution is -0.115. The molecule has 1 aromatic heterocycles. The molecule has 3 nitrogen and oxygen atoms in total. The number of aryl methyl sites for hydroxylation is 1. The van der Waals surface area contributed by atoms with Crippen LogP contribution >= 0.6 is 32.9 Å². The maximum Gasteiger partial charge on any atom is 0.300 e. The quantitative estimate of drug-likeness (QED) is 0.397. The first kappa shape index (κ1) is 14.2. The van der Waals surface area contributed by atoms with E-state index in [4.69, 9.17) is 12.2 Å². The van der Waals surface area contributed by atoms with E-state index in [9.17, 15) is 9.59 Å². The van der Waals surface area contributed by atoms with Crippen LogP contribution in [0, 0.1) is 17.7 Å². The molecule has 0 bridgehead atoms. The third kappa shape index (κ3) is 1.43. The molecular formula is C16H13NO2S3. The van der Waals surface area contributed by atoms with Crippen LogP contribution in [0.3, 0.4) is 0 Å². The molecule has 6 heteroatoms. The molecule has 0 saturated heterocycles. The predicted octanol–water partition coefficient (Wildman–Crippen LogP) is 4.60. The number of fused-ring (bicyclic) bond motifs is 2. The molecule has 0 N–H and O–H groups in total. The van der Waals surface area contributed by atoms with Crippen LogP contribution in [0.25, 0.3) is 11.1 Å². The maximum absolute atomic E-state index is 12.6. The van der Waals surface area contributed by atoms with Crippen LogP contribution in [0.2, 0.25) is 0 Å². The number of ketones is 1. The number of benzene rings is 1. The number of hydrogen-bond donors (Lipinski definition) is 0. The van der Waals surface area contributed by atoms with Crippen molar-refractivity contribution >= 4 is 50.3 Å². The minimum atomic E-state index is -0.541. The van der Waals surface area contributed by atoms with Crippen molar-refractivity contribution in [2.45, 2.75) is 33.2 Å². The van der Waals surface area contributed by atoms with Crippen molar-refractivity contribution in [3.05, 3.63) is 31.5 Å². The topological polar surface area (TPSA) is 37.4 Å². The highest BCUT2D eigenvalue weighted by Gasteiger charge is 2.51. The molecule has 1 aromatic carbocycles. The zero-order chi connectivity index (χ0) is 16.0. The fraction of sp³-hybridized carbons (Fsp3) is 0.312. The number of rotatable bonds is 0. The normalized spacial score (nSPS) is 17.7. The Labute approximate surface area is 140 Å². The van der Waals surface area contributed by atoms with Crippen molar-refractivity contribution in [1.29, 1.82) is 0 Å². The van der Waals surface area contributed by atoms with Gasteiger partial charge in [0.2, 0.25) is 0 Å². The summed E-state index contributed by atoms with van der Waals surface area (Å²) in [5.41, 5.74) is 4.66. The molecular weight excluding hydrogens is 334 g/mol. The zero-order valence-corrected chi connectivity index (χ0v) is 15.0. The largest absolute Gasteiger partial charge is 0.300 e. The van der Waals surface area contributed by atoms with Gasteiger partial charge in [0.25, 0.3) is 11.7 Å². The Bertz CT molecular complexity index is 949. The lowest BCUT2D eigenvalue weighted by Gasteiger charge is -2.40. The molecule has 0 unspecified atom stereocenters. The van der Waals surface area contributed by atoms with Crippen molar-refractivity contribution < 1.29 is 9.59 Å². The van der Waals surface area contributed by atoms with Crippen LogP contribution in [0.4, 0.5) is 5.69 Å². The molecule has 2 aromatic rings. The summed E-state index contributed by atoms with van der Waals surface area (Å²) in [6.07, 6.45) is 0. The lowest BCUT2D eigenvalue weighted by atomic mass is 9.85. The number of amides is 1. The average Bonchev–Trinajstić information content (AvgIpc) is 2.95. The predicted molar refractivity (Wildman–Crippen MR) is 92.8 cm³/mol. The van der Waals surface area contributed by atoms with Gasteiger partial charge in [-0.25, -0.2) is 0 Å². The molecule has 2 aliphatic heterocycles. The summed E-state index contributed by atoms with van der Waals surface area (Å²) in [4.78, 5) is 27.9. The smallest absolute Gasteiger partial charge is 0.294 e. The first-order chi connectivity index (χ1) is 10.3. The molecule has 1 amide bonds. The van der Waals surface area contributed by atoms with Crippen molar-refractivity contribution in [1.82, 2.24) is 0 Å². The summed E-state index contributed by atoms with van der Waals surface area (Å²) >= 11 is 5.53. The fourth-order valence-corrected chi connectivity index (χ4v) is 6.73.